The van der Waals surface area contributed by atoms with Crippen molar-refractivity contribution < 1.29 is 9.18 Å². The van der Waals surface area contributed by atoms with Gasteiger partial charge < -0.3 is 4.90 Å². The lowest BCUT2D eigenvalue weighted by atomic mass is 10.2. The van der Waals surface area contributed by atoms with E-state index in [0.29, 0.717) is 12.5 Å². The minimum Gasteiger partial charge on any atom is -0.341 e. The molecule has 0 saturated heterocycles. The zero-order valence-corrected chi connectivity index (χ0v) is 9.80. The standard InChI is InChI=1S/C12H13ClFNO/c1-15(7-8-5-6-8)12(16)11-9(13)3-2-4-10(11)14/h2-4,8H,5-7H2,1H3. The van der Waals surface area contributed by atoms with E-state index in [1.165, 1.54) is 18.2 Å². The number of hydrogen-bond donors (Lipinski definition) is 0. The highest BCUT2D eigenvalue weighted by molar-refractivity contribution is 6.33. The largest absolute Gasteiger partial charge is 0.341 e. The van der Waals surface area contributed by atoms with Gasteiger partial charge in [-0.15, -0.1) is 0 Å². The lowest BCUT2D eigenvalue weighted by molar-refractivity contribution is 0.0784. The first-order valence-electron chi connectivity index (χ1n) is 5.29. The Morgan fingerprint density at radius 3 is 2.81 bits per heavy atom. The highest BCUT2D eigenvalue weighted by atomic mass is 35.5. The van der Waals surface area contributed by atoms with E-state index in [9.17, 15) is 9.18 Å². The van der Waals surface area contributed by atoms with Gasteiger partial charge in [-0.2, -0.15) is 0 Å². The van der Waals surface area contributed by atoms with Crippen molar-refractivity contribution in [1.29, 1.82) is 0 Å². The molecule has 0 bridgehead atoms. The summed E-state index contributed by atoms with van der Waals surface area (Å²) in [5, 5.41) is 0.174. The lowest BCUT2D eigenvalue weighted by Gasteiger charge is -2.17. The number of halogens is 2. The molecule has 86 valence electrons. The number of carbonyl (C=O) groups is 1. The molecule has 0 aliphatic heterocycles. The third-order valence-electron chi connectivity index (χ3n) is 2.75. The molecule has 2 nitrogen and oxygen atoms in total. The van der Waals surface area contributed by atoms with E-state index >= 15 is 0 Å². The minimum atomic E-state index is -0.555. The summed E-state index contributed by atoms with van der Waals surface area (Å²) in [5.74, 6) is -0.311. The Kier molecular flexibility index (Phi) is 3.15. The highest BCUT2D eigenvalue weighted by Gasteiger charge is 2.27. The molecule has 1 aliphatic carbocycles. The van der Waals surface area contributed by atoms with Crippen LogP contribution in [0.3, 0.4) is 0 Å². The molecule has 1 amide bonds. The van der Waals surface area contributed by atoms with Crippen LogP contribution in [0.4, 0.5) is 4.39 Å². The number of nitrogens with zero attached hydrogens (tertiary/aromatic N) is 1. The van der Waals surface area contributed by atoms with Gasteiger partial charge in [-0.25, -0.2) is 4.39 Å². The van der Waals surface area contributed by atoms with Gasteiger partial charge in [0.15, 0.2) is 0 Å². The van der Waals surface area contributed by atoms with Gasteiger partial charge in [0.1, 0.15) is 5.82 Å². The predicted octanol–water partition coefficient (Wildman–Crippen LogP) is 2.96. The Morgan fingerprint density at radius 1 is 1.56 bits per heavy atom. The Hall–Kier alpha value is -1.09. The Labute approximate surface area is 99.0 Å². The van der Waals surface area contributed by atoms with Gasteiger partial charge in [0, 0.05) is 13.6 Å². The van der Waals surface area contributed by atoms with E-state index in [-0.39, 0.29) is 16.5 Å². The fourth-order valence-electron chi connectivity index (χ4n) is 1.66. The predicted molar refractivity (Wildman–Crippen MR) is 61.1 cm³/mol. The summed E-state index contributed by atoms with van der Waals surface area (Å²) >= 11 is 5.83. The van der Waals surface area contributed by atoms with Crippen LogP contribution in [0, 0.1) is 11.7 Å². The molecule has 1 aliphatic rings. The molecule has 0 unspecified atom stereocenters. The maximum Gasteiger partial charge on any atom is 0.258 e. The van der Waals surface area contributed by atoms with E-state index in [2.05, 4.69) is 0 Å². The number of carbonyl (C=O) groups excluding carboxylic acids is 1. The molecular formula is C12H13ClFNO. The molecular weight excluding hydrogens is 229 g/mol. The van der Waals surface area contributed by atoms with Gasteiger partial charge in [0.25, 0.3) is 5.91 Å². The molecule has 0 radical (unpaired) electrons. The maximum atomic E-state index is 13.5. The van der Waals surface area contributed by atoms with E-state index in [1.807, 2.05) is 0 Å². The molecule has 0 atom stereocenters. The summed E-state index contributed by atoms with van der Waals surface area (Å²) < 4.78 is 13.5. The normalized spacial score (nSPS) is 14.9. The fourth-order valence-corrected chi connectivity index (χ4v) is 1.91. The molecule has 2 rings (SSSR count). The van der Waals surface area contributed by atoms with Crippen molar-refractivity contribution in [3.8, 4) is 0 Å². The van der Waals surface area contributed by atoms with Crippen LogP contribution < -0.4 is 0 Å². The van der Waals surface area contributed by atoms with Crippen molar-refractivity contribution in [3.63, 3.8) is 0 Å². The highest BCUT2D eigenvalue weighted by Crippen LogP contribution is 2.30. The van der Waals surface area contributed by atoms with E-state index in [1.54, 1.807) is 11.9 Å². The van der Waals surface area contributed by atoms with Gasteiger partial charge in [-0.05, 0) is 30.9 Å². The van der Waals surface area contributed by atoms with Crippen LogP contribution in [0.25, 0.3) is 0 Å². The fraction of sp³-hybridized carbons (Fsp3) is 0.417. The molecule has 0 N–H and O–H groups in total. The topological polar surface area (TPSA) is 20.3 Å². The number of rotatable bonds is 3. The third-order valence-corrected chi connectivity index (χ3v) is 3.07. The molecule has 1 fully saturated rings. The lowest BCUT2D eigenvalue weighted by Crippen LogP contribution is -2.29. The van der Waals surface area contributed by atoms with Gasteiger partial charge >= 0.3 is 0 Å². The van der Waals surface area contributed by atoms with Gasteiger partial charge in [0.05, 0.1) is 10.6 Å². The number of hydrogen-bond acceptors (Lipinski definition) is 1. The van der Waals surface area contributed by atoms with Crippen molar-refractivity contribution in [1.82, 2.24) is 4.90 Å². The van der Waals surface area contributed by atoms with Gasteiger partial charge in [0.2, 0.25) is 0 Å². The van der Waals surface area contributed by atoms with Gasteiger partial charge in [-0.3, -0.25) is 4.79 Å². The quantitative estimate of drug-likeness (QED) is 0.797. The van der Waals surface area contributed by atoms with Crippen molar-refractivity contribution >= 4 is 17.5 Å². The van der Waals surface area contributed by atoms with E-state index in [0.717, 1.165) is 12.8 Å². The van der Waals surface area contributed by atoms with Crippen molar-refractivity contribution in [2.75, 3.05) is 13.6 Å². The zero-order chi connectivity index (χ0) is 11.7. The SMILES string of the molecule is CN(CC1CC1)C(=O)c1c(F)cccc1Cl. The van der Waals surface area contributed by atoms with Crippen molar-refractivity contribution in [2.45, 2.75) is 12.8 Å². The summed E-state index contributed by atoms with van der Waals surface area (Å²) in [6.45, 7) is 0.684. The summed E-state index contributed by atoms with van der Waals surface area (Å²) in [6.07, 6.45) is 2.31. The number of benzene rings is 1. The second-order valence-electron chi connectivity index (χ2n) is 4.23. The summed E-state index contributed by atoms with van der Waals surface area (Å²) in [6, 6.07) is 4.28. The average molecular weight is 242 g/mol. The summed E-state index contributed by atoms with van der Waals surface area (Å²) in [7, 11) is 1.68. The summed E-state index contributed by atoms with van der Waals surface area (Å²) in [4.78, 5) is 13.5. The van der Waals surface area contributed by atoms with Crippen LogP contribution in [0.15, 0.2) is 18.2 Å². The molecule has 1 saturated carbocycles. The molecule has 4 heteroatoms. The molecule has 16 heavy (non-hydrogen) atoms. The van der Waals surface area contributed by atoms with Crippen molar-refractivity contribution in [3.05, 3.63) is 34.6 Å². The Balaban J connectivity index is 2.18. The van der Waals surface area contributed by atoms with Crippen LogP contribution in [-0.2, 0) is 0 Å². The van der Waals surface area contributed by atoms with Crippen LogP contribution in [0.2, 0.25) is 5.02 Å². The van der Waals surface area contributed by atoms with E-state index in [4.69, 9.17) is 11.6 Å². The van der Waals surface area contributed by atoms with Crippen LogP contribution in [0.5, 0.6) is 0 Å². The number of amides is 1. The minimum absolute atomic E-state index is 0.0210. The Bertz CT molecular complexity index is 397. The molecule has 0 heterocycles. The molecule has 0 spiro atoms. The first kappa shape index (κ1) is 11.4. The first-order valence-corrected chi connectivity index (χ1v) is 5.67. The Morgan fingerprint density at radius 2 is 2.25 bits per heavy atom. The van der Waals surface area contributed by atoms with Crippen LogP contribution in [-0.4, -0.2) is 24.4 Å². The van der Waals surface area contributed by atoms with Crippen molar-refractivity contribution in [2.24, 2.45) is 5.92 Å². The average Bonchev–Trinajstić information content (AvgIpc) is 3.01. The second kappa shape index (κ2) is 4.42. The zero-order valence-electron chi connectivity index (χ0n) is 9.04. The van der Waals surface area contributed by atoms with Crippen LogP contribution >= 0.6 is 11.6 Å². The molecule has 1 aromatic carbocycles. The summed E-state index contributed by atoms with van der Waals surface area (Å²) in [5.41, 5.74) is -0.0210. The third kappa shape index (κ3) is 2.35. The van der Waals surface area contributed by atoms with E-state index < -0.39 is 5.82 Å². The molecule has 1 aromatic rings. The monoisotopic (exact) mass is 241 g/mol. The maximum absolute atomic E-state index is 13.5. The molecule has 0 aromatic heterocycles. The van der Waals surface area contributed by atoms with Gasteiger partial charge in [-0.1, -0.05) is 17.7 Å². The first-order chi connectivity index (χ1) is 7.59. The second-order valence-corrected chi connectivity index (χ2v) is 4.63. The van der Waals surface area contributed by atoms with Crippen LogP contribution in [0.1, 0.15) is 23.2 Å². The smallest absolute Gasteiger partial charge is 0.258 e.